The number of benzene rings is 3. The number of alkyl halides is 6. The first-order chi connectivity index (χ1) is 22.0. The fraction of sp³-hybridized carbons (Fsp3) is 0.281. The van der Waals surface area contributed by atoms with Crippen LogP contribution in [0.1, 0.15) is 43.5 Å². The van der Waals surface area contributed by atoms with E-state index in [0.717, 1.165) is 16.8 Å². The summed E-state index contributed by atoms with van der Waals surface area (Å²) in [4.78, 5) is 26.6. The van der Waals surface area contributed by atoms with E-state index in [1.54, 1.807) is 42.6 Å². The molecule has 0 aliphatic heterocycles. The number of carboxylic acid groups (broad SMARTS) is 1. The number of rotatable bonds is 10. The normalized spacial score (nSPS) is 12.1. The molecule has 4 aromatic rings. The Kier molecular flexibility index (Phi) is 11.9. The predicted octanol–water partition coefficient (Wildman–Crippen LogP) is 7.12. The Morgan fingerprint density at radius 2 is 1.64 bits per heavy atom. The van der Waals surface area contributed by atoms with E-state index < -0.39 is 35.8 Å². The average molecular weight is 667 g/mol. The summed E-state index contributed by atoms with van der Waals surface area (Å²) < 4.78 is 83.9. The van der Waals surface area contributed by atoms with Gasteiger partial charge in [0, 0.05) is 23.8 Å². The first-order valence-electron chi connectivity index (χ1n) is 14.1. The summed E-state index contributed by atoms with van der Waals surface area (Å²) in [5, 5.41) is 14.6. The zero-order chi connectivity index (χ0) is 34.9. The van der Waals surface area contributed by atoms with Crippen LogP contribution in [0.2, 0.25) is 0 Å². The summed E-state index contributed by atoms with van der Waals surface area (Å²) in [5.74, 6) is -1.93. The number of aromatic nitrogens is 1. The molecule has 0 aliphatic carbocycles. The van der Waals surface area contributed by atoms with Crippen LogP contribution in [0.4, 0.5) is 37.8 Å². The third kappa shape index (κ3) is 10.1. The number of carboxylic acids is 1. The standard InChI is InChI=1S/C30H31F3N4O3.C2HF3O2/c1-4-39-26-16-20(9-12-25(26)40-18(2)3)27(37-22-10-11-23-19(15-22)13-14-35-28(23)34)29(38)36-17-21-7-5-6-8-24(21)30(31,32)33;3-2(4,5)1(6)7/h5-16,18,27,37H,4,17H2,1-3H3,(H2,34,35)(H,36,38);(H,6,7). The number of halogens is 6. The zero-order valence-electron chi connectivity index (χ0n) is 25.4. The number of ether oxygens (including phenoxy) is 2. The van der Waals surface area contributed by atoms with E-state index in [2.05, 4.69) is 15.6 Å². The number of nitrogens with zero attached hydrogens (tertiary/aromatic N) is 1. The van der Waals surface area contributed by atoms with Crippen molar-refractivity contribution in [3.05, 3.63) is 89.6 Å². The van der Waals surface area contributed by atoms with Crippen molar-refractivity contribution in [3.8, 4) is 11.5 Å². The molecule has 47 heavy (non-hydrogen) atoms. The molecule has 1 amide bonds. The van der Waals surface area contributed by atoms with Crippen LogP contribution in [0, 0.1) is 0 Å². The van der Waals surface area contributed by atoms with Crippen molar-refractivity contribution in [2.24, 2.45) is 0 Å². The number of fused-ring (bicyclic) bond motifs is 1. The number of carbonyl (C=O) groups excluding carboxylic acids is 1. The number of carbonyl (C=O) groups is 2. The largest absolute Gasteiger partial charge is 0.490 e. The monoisotopic (exact) mass is 666 g/mol. The number of pyridine rings is 1. The quantitative estimate of drug-likeness (QED) is 0.131. The Morgan fingerprint density at radius 3 is 2.26 bits per heavy atom. The fourth-order valence-electron chi connectivity index (χ4n) is 4.32. The van der Waals surface area contributed by atoms with Gasteiger partial charge >= 0.3 is 18.3 Å². The maximum absolute atomic E-state index is 13.6. The second-order valence-electron chi connectivity index (χ2n) is 10.2. The van der Waals surface area contributed by atoms with Crippen molar-refractivity contribution in [1.29, 1.82) is 0 Å². The third-order valence-corrected chi connectivity index (χ3v) is 6.35. The molecule has 1 atom stereocenters. The Hall–Kier alpha value is -5.21. The highest BCUT2D eigenvalue weighted by atomic mass is 19.4. The Balaban J connectivity index is 0.000000771. The van der Waals surface area contributed by atoms with Crippen LogP contribution in [0.5, 0.6) is 11.5 Å². The number of hydrogen-bond donors (Lipinski definition) is 4. The van der Waals surface area contributed by atoms with Crippen LogP contribution < -0.4 is 25.8 Å². The maximum atomic E-state index is 13.6. The Morgan fingerprint density at radius 1 is 0.957 bits per heavy atom. The predicted molar refractivity (Wildman–Crippen MR) is 163 cm³/mol. The van der Waals surface area contributed by atoms with Crippen LogP contribution >= 0.6 is 0 Å². The fourth-order valence-corrected chi connectivity index (χ4v) is 4.32. The SMILES string of the molecule is CCOc1cc(C(Nc2ccc3c(N)nccc3c2)C(=O)NCc2ccccc2C(F)(F)F)ccc1OC(C)C.O=C(O)C(F)(F)F. The minimum Gasteiger partial charge on any atom is -0.490 e. The molecule has 5 N–H and O–H groups in total. The molecule has 9 nitrogen and oxygen atoms in total. The topological polar surface area (TPSA) is 136 Å². The van der Waals surface area contributed by atoms with Crippen LogP contribution in [-0.4, -0.2) is 40.9 Å². The molecular weight excluding hydrogens is 634 g/mol. The van der Waals surface area contributed by atoms with Crippen molar-refractivity contribution in [3.63, 3.8) is 0 Å². The van der Waals surface area contributed by atoms with E-state index in [0.29, 0.717) is 35.2 Å². The molecule has 0 spiro atoms. The van der Waals surface area contributed by atoms with Crippen molar-refractivity contribution in [2.45, 2.75) is 51.8 Å². The lowest BCUT2D eigenvalue weighted by atomic mass is 10.0. The molecule has 0 saturated heterocycles. The average Bonchev–Trinajstić information content (AvgIpc) is 2.99. The number of nitrogens with one attached hydrogen (secondary N) is 2. The number of amides is 1. The van der Waals surface area contributed by atoms with Crippen LogP contribution in [0.3, 0.4) is 0 Å². The minimum absolute atomic E-state index is 0.0357. The number of nitrogen functional groups attached to an aromatic ring is 1. The smallest absolute Gasteiger partial charge is 0.490 e. The molecule has 1 heterocycles. The molecule has 15 heteroatoms. The van der Waals surface area contributed by atoms with Gasteiger partial charge in [-0.1, -0.05) is 24.3 Å². The number of aliphatic carboxylic acids is 1. The van der Waals surface area contributed by atoms with E-state index in [9.17, 15) is 31.1 Å². The van der Waals surface area contributed by atoms with Gasteiger partial charge in [0.25, 0.3) is 0 Å². The van der Waals surface area contributed by atoms with E-state index >= 15 is 0 Å². The van der Waals surface area contributed by atoms with Crippen LogP contribution in [0.25, 0.3) is 10.8 Å². The van der Waals surface area contributed by atoms with Crippen LogP contribution in [-0.2, 0) is 22.3 Å². The summed E-state index contributed by atoms with van der Waals surface area (Å²) in [6, 6.07) is 16.5. The van der Waals surface area contributed by atoms with Gasteiger partial charge in [0.05, 0.1) is 18.3 Å². The first kappa shape index (κ1) is 36.3. The number of nitrogens with two attached hydrogens (primary N) is 1. The highest BCUT2D eigenvalue weighted by Gasteiger charge is 2.38. The summed E-state index contributed by atoms with van der Waals surface area (Å²) in [6.45, 7) is 5.68. The lowest BCUT2D eigenvalue weighted by molar-refractivity contribution is -0.192. The molecule has 1 unspecified atom stereocenters. The van der Waals surface area contributed by atoms with Gasteiger partial charge < -0.3 is 30.9 Å². The van der Waals surface area contributed by atoms with Crippen molar-refractivity contribution < 1.29 is 50.5 Å². The molecule has 0 radical (unpaired) electrons. The molecule has 1 aromatic heterocycles. The second-order valence-corrected chi connectivity index (χ2v) is 10.2. The van der Waals surface area contributed by atoms with E-state index in [4.69, 9.17) is 25.1 Å². The van der Waals surface area contributed by atoms with E-state index in [1.807, 2.05) is 26.8 Å². The lowest BCUT2D eigenvalue weighted by Crippen LogP contribution is -2.33. The van der Waals surface area contributed by atoms with Crippen molar-refractivity contribution >= 4 is 34.2 Å². The zero-order valence-corrected chi connectivity index (χ0v) is 25.4. The van der Waals surface area contributed by atoms with Crippen LogP contribution in [0.15, 0.2) is 72.9 Å². The van der Waals surface area contributed by atoms with E-state index in [1.165, 1.54) is 18.2 Å². The summed E-state index contributed by atoms with van der Waals surface area (Å²) in [5.41, 5.74) is 6.29. The summed E-state index contributed by atoms with van der Waals surface area (Å²) >= 11 is 0. The molecule has 252 valence electrons. The molecule has 3 aromatic carbocycles. The molecule has 0 saturated carbocycles. The molecule has 4 rings (SSSR count). The van der Waals surface area contributed by atoms with E-state index in [-0.39, 0.29) is 18.2 Å². The van der Waals surface area contributed by atoms with Gasteiger partial charge in [0.15, 0.2) is 11.5 Å². The Labute approximate surface area is 265 Å². The van der Waals surface area contributed by atoms with Gasteiger partial charge in [-0.25, -0.2) is 9.78 Å². The first-order valence-corrected chi connectivity index (χ1v) is 14.1. The van der Waals surface area contributed by atoms with Gasteiger partial charge in [0.2, 0.25) is 5.91 Å². The highest BCUT2D eigenvalue weighted by molar-refractivity contribution is 5.94. The minimum atomic E-state index is -5.08. The molecule has 0 aliphatic rings. The maximum Gasteiger partial charge on any atom is 0.490 e. The summed E-state index contributed by atoms with van der Waals surface area (Å²) in [7, 11) is 0. The lowest BCUT2D eigenvalue weighted by Gasteiger charge is -2.23. The highest BCUT2D eigenvalue weighted by Crippen LogP contribution is 2.34. The molecule has 0 fully saturated rings. The summed E-state index contributed by atoms with van der Waals surface area (Å²) in [6.07, 6.45) is -8.14. The molecular formula is C32H32F6N4O5. The third-order valence-electron chi connectivity index (χ3n) is 6.35. The van der Waals surface area contributed by atoms with Gasteiger partial charge in [-0.2, -0.15) is 26.3 Å². The van der Waals surface area contributed by atoms with Gasteiger partial charge in [-0.15, -0.1) is 0 Å². The number of hydrogen-bond acceptors (Lipinski definition) is 7. The van der Waals surface area contributed by atoms with Gasteiger partial charge in [-0.05, 0) is 79.7 Å². The second kappa shape index (κ2) is 15.4. The number of anilines is 2. The van der Waals surface area contributed by atoms with Gasteiger partial charge in [-0.3, -0.25) is 4.79 Å². The van der Waals surface area contributed by atoms with Crippen molar-refractivity contribution in [2.75, 3.05) is 17.7 Å². The molecule has 0 bridgehead atoms. The van der Waals surface area contributed by atoms with Crippen molar-refractivity contribution in [1.82, 2.24) is 10.3 Å². The Bertz CT molecular complexity index is 1700. The van der Waals surface area contributed by atoms with Gasteiger partial charge in [0.1, 0.15) is 11.9 Å².